The van der Waals surface area contributed by atoms with Gasteiger partial charge in [0.25, 0.3) is 0 Å². The number of nitrogens with one attached hydrogen (secondary N) is 1. The summed E-state index contributed by atoms with van der Waals surface area (Å²) in [5.41, 5.74) is 4.34. The minimum Gasteiger partial charge on any atom is -0.507 e. The van der Waals surface area contributed by atoms with E-state index in [1.807, 2.05) is 30.3 Å². The number of fused-ring (bicyclic) bond motifs is 4. The van der Waals surface area contributed by atoms with Gasteiger partial charge < -0.3 is 14.8 Å². The van der Waals surface area contributed by atoms with Crippen LogP contribution in [0.4, 0.5) is 0 Å². The summed E-state index contributed by atoms with van der Waals surface area (Å²) in [7, 11) is 1.36. The fourth-order valence-electron chi connectivity index (χ4n) is 4.17. The van der Waals surface area contributed by atoms with Gasteiger partial charge in [-0.05, 0) is 40.1 Å². The average molecular weight is 381 g/mol. The Bertz CT molecular complexity index is 1390. The maximum absolute atomic E-state index is 12.3. The number of aromatic nitrogens is 1. The van der Waals surface area contributed by atoms with Crippen molar-refractivity contribution in [1.82, 2.24) is 4.98 Å². The number of carbonyl (C=O) groups is 1. The zero-order valence-corrected chi connectivity index (χ0v) is 15.9. The number of phenols is 1. The number of hydrogen-bond donors (Lipinski definition) is 2. The molecule has 0 aliphatic heterocycles. The highest BCUT2D eigenvalue weighted by Crippen LogP contribution is 2.37. The molecule has 4 nitrogen and oxygen atoms in total. The molecule has 0 fully saturated rings. The first-order valence-electron chi connectivity index (χ1n) is 9.47. The number of methoxy groups -OCH3 is 1. The van der Waals surface area contributed by atoms with Gasteiger partial charge in [0.1, 0.15) is 5.75 Å². The molecule has 142 valence electrons. The molecule has 1 heterocycles. The molecule has 4 heteroatoms. The Balaban J connectivity index is 1.75. The fourth-order valence-corrected chi connectivity index (χ4v) is 4.17. The van der Waals surface area contributed by atoms with Crippen LogP contribution in [-0.4, -0.2) is 23.2 Å². The molecule has 1 aromatic heterocycles. The van der Waals surface area contributed by atoms with E-state index in [2.05, 4.69) is 35.3 Å². The maximum Gasteiger partial charge on any atom is 0.338 e. The summed E-state index contributed by atoms with van der Waals surface area (Å²) >= 11 is 0. The molecule has 5 rings (SSSR count). The van der Waals surface area contributed by atoms with Gasteiger partial charge in [0, 0.05) is 17.3 Å². The molecule has 0 spiro atoms. The maximum atomic E-state index is 12.3. The van der Waals surface area contributed by atoms with Crippen molar-refractivity contribution in [2.24, 2.45) is 0 Å². The van der Waals surface area contributed by atoms with E-state index in [9.17, 15) is 9.90 Å². The van der Waals surface area contributed by atoms with E-state index in [0.29, 0.717) is 22.8 Å². The topological polar surface area (TPSA) is 62.3 Å². The number of aromatic hydroxyl groups is 1. The molecule has 0 saturated carbocycles. The van der Waals surface area contributed by atoms with E-state index in [-0.39, 0.29) is 5.75 Å². The van der Waals surface area contributed by atoms with Crippen LogP contribution in [0.3, 0.4) is 0 Å². The molecule has 5 aromatic rings. The minimum atomic E-state index is -0.421. The monoisotopic (exact) mass is 381 g/mol. The Morgan fingerprint density at radius 3 is 2.55 bits per heavy atom. The lowest BCUT2D eigenvalue weighted by atomic mass is 9.96. The molecule has 29 heavy (non-hydrogen) atoms. The van der Waals surface area contributed by atoms with E-state index < -0.39 is 5.97 Å². The summed E-state index contributed by atoms with van der Waals surface area (Å²) in [6, 6.07) is 23.7. The van der Waals surface area contributed by atoms with Crippen molar-refractivity contribution < 1.29 is 14.6 Å². The molecular weight excluding hydrogens is 362 g/mol. The minimum absolute atomic E-state index is 0.143. The highest BCUT2D eigenvalue weighted by molar-refractivity contribution is 6.19. The summed E-state index contributed by atoms with van der Waals surface area (Å²) in [6.07, 6.45) is 0.707. The number of hydrogen-bond acceptors (Lipinski definition) is 3. The van der Waals surface area contributed by atoms with Gasteiger partial charge in [-0.15, -0.1) is 0 Å². The predicted molar refractivity (Wildman–Crippen MR) is 116 cm³/mol. The second-order valence-electron chi connectivity index (χ2n) is 7.15. The molecule has 2 N–H and O–H groups in total. The highest BCUT2D eigenvalue weighted by atomic mass is 16.5. The molecular formula is C25H19NO3. The van der Waals surface area contributed by atoms with Crippen molar-refractivity contribution in [3.05, 3.63) is 89.5 Å². The largest absolute Gasteiger partial charge is 0.507 e. The van der Waals surface area contributed by atoms with Crippen molar-refractivity contribution in [2.45, 2.75) is 6.42 Å². The SMILES string of the molecule is COC(=O)c1cccc2[nH]c3c(Cc4cccc5ccccc45)ccc(O)c3c12. The number of benzene rings is 4. The quantitative estimate of drug-likeness (QED) is 0.402. The summed E-state index contributed by atoms with van der Waals surface area (Å²) < 4.78 is 4.94. The van der Waals surface area contributed by atoms with Gasteiger partial charge in [0.05, 0.1) is 23.6 Å². The van der Waals surface area contributed by atoms with Crippen LogP contribution in [0.5, 0.6) is 5.75 Å². The molecule has 0 radical (unpaired) electrons. The summed E-state index contributed by atoms with van der Waals surface area (Å²) in [6.45, 7) is 0. The van der Waals surface area contributed by atoms with Crippen LogP contribution in [0.25, 0.3) is 32.6 Å². The van der Waals surface area contributed by atoms with Gasteiger partial charge in [0.15, 0.2) is 0 Å². The van der Waals surface area contributed by atoms with Crippen molar-refractivity contribution >= 4 is 38.5 Å². The Morgan fingerprint density at radius 1 is 0.897 bits per heavy atom. The van der Waals surface area contributed by atoms with Gasteiger partial charge >= 0.3 is 5.97 Å². The van der Waals surface area contributed by atoms with E-state index in [1.54, 1.807) is 12.1 Å². The smallest absolute Gasteiger partial charge is 0.338 e. The molecule has 0 saturated heterocycles. The molecule has 0 atom stereocenters. The van der Waals surface area contributed by atoms with Gasteiger partial charge in [-0.3, -0.25) is 0 Å². The molecule has 0 unspecified atom stereocenters. The number of H-pyrrole nitrogens is 1. The van der Waals surface area contributed by atoms with Gasteiger partial charge in [0.2, 0.25) is 0 Å². The summed E-state index contributed by atoms with van der Waals surface area (Å²) in [5, 5.41) is 14.4. The van der Waals surface area contributed by atoms with Crippen molar-refractivity contribution in [2.75, 3.05) is 7.11 Å². The number of esters is 1. The van der Waals surface area contributed by atoms with Gasteiger partial charge in [-0.25, -0.2) is 4.79 Å². The van der Waals surface area contributed by atoms with E-state index >= 15 is 0 Å². The number of aromatic amines is 1. The zero-order chi connectivity index (χ0) is 20.0. The normalized spacial score (nSPS) is 11.3. The molecule has 0 bridgehead atoms. The number of phenolic OH excluding ortho intramolecular Hbond substituents is 1. The van der Waals surface area contributed by atoms with Crippen molar-refractivity contribution in [1.29, 1.82) is 0 Å². The second kappa shape index (κ2) is 6.67. The molecule has 0 aliphatic carbocycles. The first-order chi connectivity index (χ1) is 14.2. The van der Waals surface area contributed by atoms with Crippen molar-refractivity contribution in [3.63, 3.8) is 0 Å². The Hall–Kier alpha value is -3.79. The molecule has 0 aliphatic rings. The molecule has 4 aromatic carbocycles. The average Bonchev–Trinajstić information content (AvgIpc) is 3.16. The van der Waals surface area contributed by atoms with Crippen LogP contribution >= 0.6 is 0 Å². The zero-order valence-electron chi connectivity index (χ0n) is 15.9. The van der Waals surface area contributed by atoms with Gasteiger partial charge in [-0.1, -0.05) is 54.6 Å². The Morgan fingerprint density at radius 2 is 1.69 bits per heavy atom. The van der Waals surface area contributed by atoms with Crippen LogP contribution in [0, 0.1) is 0 Å². The Labute approximate surface area is 167 Å². The standard InChI is InChI=1S/C25H19NO3/c1-29-25(28)19-10-5-11-20-22(19)23-21(27)13-12-17(24(23)26-20)14-16-8-4-7-15-6-2-3-9-18(15)16/h2-13,26-27H,14H2,1H3. The third-order valence-electron chi connectivity index (χ3n) is 5.51. The van der Waals surface area contributed by atoms with Crippen molar-refractivity contribution in [3.8, 4) is 5.75 Å². The third kappa shape index (κ3) is 2.72. The van der Waals surface area contributed by atoms with Crippen LogP contribution in [0.15, 0.2) is 72.8 Å². The first-order valence-corrected chi connectivity index (χ1v) is 9.47. The van der Waals surface area contributed by atoms with E-state index in [0.717, 1.165) is 16.6 Å². The van der Waals surface area contributed by atoms with Crippen LogP contribution < -0.4 is 0 Å². The van der Waals surface area contributed by atoms with Crippen LogP contribution in [0.1, 0.15) is 21.5 Å². The third-order valence-corrected chi connectivity index (χ3v) is 5.51. The van der Waals surface area contributed by atoms with Crippen LogP contribution in [0.2, 0.25) is 0 Å². The first kappa shape index (κ1) is 17.3. The molecule has 0 amide bonds. The summed E-state index contributed by atoms with van der Waals surface area (Å²) in [4.78, 5) is 15.7. The van der Waals surface area contributed by atoms with E-state index in [1.165, 1.54) is 23.4 Å². The number of ether oxygens (including phenoxy) is 1. The Kier molecular flexibility index (Phi) is 3.98. The van der Waals surface area contributed by atoms with Gasteiger partial charge in [-0.2, -0.15) is 0 Å². The summed E-state index contributed by atoms with van der Waals surface area (Å²) in [5.74, 6) is -0.278. The van der Waals surface area contributed by atoms with Crippen LogP contribution in [-0.2, 0) is 11.2 Å². The lowest BCUT2D eigenvalue weighted by molar-refractivity contribution is 0.0603. The van der Waals surface area contributed by atoms with E-state index in [4.69, 9.17) is 4.74 Å². The second-order valence-corrected chi connectivity index (χ2v) is 7.15. The number of rotatable bonds is 3. The lowest BCUT2D eigenvalue weighted by Crippen LogP contribution is -2.01. The lowest BCUT2D eigenvalue weighted by Gasteiger charge is -2.09. The predicted octanol–water partition coefficient (Wildman–Crippen LogP) is 5.56. The highest BCUT2D eigenvalue weighted by Gasteiger charge is 2.19. The number of carbonyl (C=O) groups excluding carboxylic acids is 1. The fraction of sp³-hybridized carbons (Fsp3) is 0.0800.